The van der Waals surface area contributed by atoms with Crippen molar-refractivity contribution < 1.29 is 13.5 Å². The minimum absolute atomic E-state index is 0.00730. The Balaban J connectivity index is 1.88. The molecule has 0 fully saturated rings. The number of aryl methyl sites for hydroxylation is 2. The van der Waals surface area contributed by atoms with E-state index in [2.05, 4.69) is 19.7 Å². The lowest BCUT2D eigenvalue weighted by molar-refractivity contribution is 0.421. The van der Waals surface area contributed by atoms with E-state index in [1.807, 2.05) is 6.07 Å². The van der Waals surface area contributed by atoms with Gasteiger partial charge >= 0.3 is 0 Å². The molecule has 0 aliphatic carbocycles. The molecule has 0 amide bonds. The molecule has 2 N–H and O–H groups in total. The number of pyridine rings is 1. The Morgan fingerprint density at radius 2 is 1.75 bits per heavy atom. The molecule has 32 heavy (non-hydrogen) atoms. The van der Waals surface area contributed by atoms with E-state index >= 15 is 0 Å². The van der Waals surface area contributed by atoms with Gasteiger partial charge in [0.15, 0.2) is 0 Å². The predicted octanol–water partition coefficient (Wildman–Crippen LogP) is 2.23. The fraction of sp³-hybridized carbons (Fsp3) is 0.190. The van der Waals surface area contributed by atoms with Gasteiger partial charge in [0, 0.05) is 24.7 Å². The second-order valence-electron chi connectivity index (χ2n) is 7.05. The van der Waals surface area contributed by atoms with Crippen LogP contribution in [0.5, 0.6) is 5.88 Å². The highest BCUT2D eigenvalue weighted by atomic mass is 32.2. The van der Waals surface area contributed by atoms with Crippen LogP contribution in [-0.2, 0) is 17.1 Å². The Hall–Kier alpha value is -4.04. The molecule has 0 saturated heterocycles. The number of anilines is 1. The zero-order valence-corrected chi connectivity index (χ0v) is 18.6. The number of aromatic nitrogens is 3. The van der Waals surface area contributed by atoms with E-state index in [0.717, 1.165) is 4.57 Å². The minimum Gasteiger partial charge on any atom is -0.494 e. The summed E-state index contributed by atoms with van der Waals surface area (Å²) in [7, 11) is -2.56. The summed E-state index contributed by atoms with van der Waals surface area (Å²) in [6.07, 6.45) is 1.32. The van der Waals surface area contributed by atoms with Crippen molar-refractivity contribution in [2.45, 2.75) is 25.7 Å². The molecule has 0 unspecified atom stereocenters. The zero-order chi connectivity index (χ0) is 23.6. The molecule has 0 aliphatic rings. The summed E-state index contributed by atoms with van der Waals surface area (Å²) in [5, 5.41) is 19.5. The van der Waals surface area contributed by atoms with Crippen LogP contribution in [0.2, 0.25) is 0 Å². The van der Waals surface area contributed by atoms with Crippen LogP contribution in [0.1, 0.15) is 28.1 Å². The third-order valence-electron chi connectivity index (χ3n) is 4.67. The number of benzene rings is 1. The van der Waals surface area contributed by atoms with Gasteiger partial charge < -0.3 is 5.11 Å². The van der Waals surface area contributed by atoms with Gasteiger partial charge in [-0.1, -0.05) is 0 Å². The van der Waals surface area contributed by atoms with Crippen molar-refractivity contribution in [2.24, 2.45) is 12.0 Å². The van der Waals surface area contributed by atoms with Crippen molar-refractivity contribution >= 4 is 27.9 Å². The molecule has 164 valence electrons. The molecular formula is C21H20N6O4S. The van der Waals surface area contributed by atoms with Crippen LogP contribution in [0.3, 0.4) is 0 Å². The maximum Gasteiger partial charge on any atom is 0.271 e. The molecule has 0 radical (unpaired) electrons. The van der Waals surface area contributed by atoms with Gasteiger partial charge in [0.25, 0.3) is 15.6 Å². The van der Waals surface area contributed by atoms with Crippen LogP contribution >= 0.6 is 0 Å². The largest absolute Gasteiger partial charge is 0.494 e. The lowest BCUT2D eigenvalue weighted by atomic mass is 10.1. The molecule has 1 aromatic carbocycles. The van der Waals surface area contributed by atoms with Gasteiger partial charge in [0.05, 0.1) is 16.1 Å². The maximum atomic E-state index is 12.6. The van der Waals surface area contributed by atoms with Crippen LogP contribution in [0, 0.1) is 32.1 Å². The highest BCUT2D eigenvalue weighted by Crippen LogP contribution is 2.22. The third-order valence-corrected chi connectivity index (χ3v) is 6.01. The molecule has 3 aromatic rings. The van der Waals surface area contributed by atoms with Crippen LogP contribution in [0.4, 0.5) is 11.6 Å². The molecule has 0 saturated carbocycles. The minimum atomic E-state index is -3.90. The number of sulfonamides is 1. The number of nitrogens with zero attached hydrogens (tertiary/aromatic N) is 5. The Bertz CT molecular complexity index is 1410. The summed E-state index contributed by atoms with van der Waals surface area (Å²) in [6.45, 7) is 5.02. The monoisotopic (exact) mass is 452 g/mol. The zero-order valence-electron chi connectivity index (χ0n) is 17.8. The number of hydrogen-bond acceptors (Lipinski definition) is 8. The lowest BCUT2D eigenvalue weighted by Gasteiger charge is -2.10. The summed E-state index contributed by atoms with van der Waals surface area (Å²) < 4.78 is 28.5. The second kappa shape index (κ2) is 8.60. The number of hydrogen-bond donors (Lipinski definition) is 2. The summed E-state index contributed by atoms with van der Waals surface area (Å²) in [5.41, 5.74) is 1.50. The average Bonchev–Trinajstić information content (AvgIpc) is 2.72. The van der Waals surface area contributed by atoms with Crippen molar-refractivity contribution in [3.05, 3.63) is 68.8 Å². The number of nitriles is 1. The van der Waals surface area contributed by atoms with E-state index in [1.165, 1.54) is 44.5 Å². The van der Waals surface area contributed by atoms with E-state index in [-0.39, 0.29) is 27.9 Å². The van der Waals surface area contributed by atoms with Crippen LogP contribution in [-0.4, -0.2) is 34.3 Å². The first kappa shape index (κ1) is 22.6. The van der Waals surface area contributed by atoms with Crippen LogP contribution in [0.15, 0.2) is 45.0 Å². The van der Waals surface area contributed by atoms with Gasteiger partial charge in [-0.25, -0.2) is 23.1 Å². The van der Waals surface area contributed by atoms with Gasteiger partial charge in [0.2, 0.25) is 11.8 Å². The SMILES string of the molecule is Cc1cc(C)nc(NS(=O)(=O)c2ccc(N=Cc3c(C)c(C#N)c(=O)n(C)c3O)cc2)n1. The lowest BCUT2D eigenvalue weighted by Crippen LogP contribution is -2.22. The van der Waals surface area contributed by atoms with E-state index in [9.17, 15) is 23.6 Å². The van der Waals surface area contributed by atoms with E-state index in [0.29, 0.717) is 22.6 Å². The normalized spacial score (nSPS) is 11.5. The first-order valence-electron chi connectivity index (χ1n) is 9.35. The van der Waals surface area contributed by atoms with Gasteiger partial charge in [-0.2, -0.15) is 5.26 Å². The van der Waals surface area contributed by atoms with Crippen molar-refractivity contribution in [1.29, 1.82) is 5.26 Å². The van der Waals surface area contributed by atoms with Crippen molar-refractivity contribution in [3.8, 4) is 11.9 Å². The molecule has 3 rings (SSSR count). The van der Waals surface area contributed by atoms with Crippen molar-refractivity contribution in [3.63, 3.8) is 0 Å². The van der Waals surface area contributed by atoms with E-state index in [1.54, 1.807) is 19.9 Å². The number of rotatable bonds is 5. The van der Waals surface area contributed by atoms with E-state index < -0.39 is 15.6 Å². The molecule has 0 aliphatic heterocycles. The summed E-state index contributed by atoms with van der Waals surface area (Å²) in [6, 6.07) is 9.25. The topological polar surface area (TPSA) is 150 Å². The molecule has 0 spiro atoms. The number of nitrogens with one attached hydrogen (secondary N) is 1. The molecule has 11 heteroatoms. The molecule has 0 atom stereocenters. The molecule has 10 nitrogen and oxygen atoms in total. The highest BCUT2D eigenvalue weighted by Gasteiger charge is 2.17. The van der Waals surface area contributed by atoms with Crippen molar-refractivity contribution in [1.82, 2.24) is 14.5 Å². The Kier molecular flexibility index (Phi) is 6.09. The smallest absolute Gasteiger partial charge is 0.271 e. The standard InChI is InChI=1S/C21H20N6O4S/c1-12-9-13(2)25-21(24-12)26-32(30,31)16-7-5-15(6-8-16)23-11-18-14(3)17(10-22)19(28)27(4)20(18)29/h5-9,11,29H,1-4H3,(H,24,25,26). The number of aromatic hydroxyl groups is 1. The van der Waals surface area contributed by atoms with Gasteiger partial charge in [-0.3, -0.25) is 14.4 Å². The predicted molar refractivity (Wildman–Crippen MR) is 119 cm³/mol. The quantitative estimate of drug-likeness (QED) is 0.563. The summed E-state index contributed by atoms with van der Waals surface area (Å²) in [5.74, 6) is -0.342. The fourth-order valence-corrected chi connectivity index (χ4v) is 3.94. The van der Waals surface area contributed by atoms with Crippen LogP contribution in [0.25, 0.3) is 0 Å². The van der Waals surface area contributed by atoms with Crippen molar-refractivity contribution in [2.75, 3.05) is 4.72 Å². The highest BCUT2D eigenvalue weighted by molar-refractivity contribution is 7.92. The fourth-order valence-electron chi connectivity index (χ4n) is 2.99. The third kappa shape index (κ3) is 4.50. The second-order valence-corrected chi connectivity index (χ2v) is 8.73. The van der Waals surface area contributed by atoms with Gasteiger partial charge in [-0.05, 0) is 56.7 Å². The first-order valence-corrected chi connectivity index (χ1v) is 10.8. The maximum absolute atomic E-state index is 12.6. The molecule has 2 heterocycles. The Labute approximate surface area is 184 Å². The molecule has 2 aromatic heterocycles. The summed E-state index contributed by atoms with van der Waals surface area (Å²) in [4.78, 5) is 24.4. The van der Waals surface area contributed by atoms with Gasteiger partial charge in [0.1, 0.15) is 11.6 Å². The average molecular weight is 452 g/mol. The molecular weight excluding hydrogens is 432 g/mol. The van der Waals surface area contributed by atoms with Gasteiger partial charge in [-0.15, -0.1) is 0 Å². The summed E-state index contributed by atoms with van der Waals surface area (Å²) >= 11 is 0. The number of aliphatic imine (C=N–C) groups is 1. The Morgan fingerprint density at radius 1 is 1.16 bits per heavy atom. The van der Waals surface area contributed by atoms with E-state index in [4.69, 9.17) is 0 Å². The Morgan fingerprint density at radius 3 is 2.31 bits per heavy atom. The van der Waals surface area contributed by atoms with Crippen LogP contribution < -0.4 is 10.3 Å². The first-order chi connectivity index (χ1) is 15.0. The molecule has 0 bridgehead atoms.